The smallest absolute Gasteiger partial charge is 0.411 e. The van der Waals surface area contributed by atoms with Crippen molar-refractivity contribution in [2.45, 2.75) is 39.7 Å². The van der Waals surface area contributed by atoms with Gasteiger partial charge in [-0.2, -0.15) is 0 Å². The molecule has 1 amide bonds. The van der Waals surface area contributed by atoms with Crippen molar-refractivity contribution in [3.63, 3.8) is 0 Å². The first-order valence-electron chi connectivity index (χ1n) is 4.58. The minimum atomic E-state index is -0.446. The Kier molecular flexibility index (Phi) is 4.77. The first-order valence-corrected chi connectivity index (χ1v) is 4.58. The Morgan fingerprint density at radius 3 is 2.31 bits per heavy atom. The summed E-state index contributed by atoms with van der Waals surface area (Å²) in [6.45, 7) is 8.36. The molecule has 0 saturated heterocycles. The lowest BCUT2D eigenvalue weighted by molar-refractivity contribution is 0.0255. The van der Waals surface area contributed by atoms with Gasteiger partial charge in [0.2, 0.25) is 0 Å². The van der Waals surface area contributed by atoms with Gasteiger partial charge in [0, 0.05) is 6.54 Å². The highest BCUT2D eigenvalue weighted by molar-refractivity contribution is 5.67. The van der Waals surface area contributed by atoms with Gasteiger partial charge in [-0.1, -0.05) is 6.92 Å². The van der Waals surface area contributed by atoms with E-state index in [2.05, 4.69) is 0 Å². The van der Waals surface area contributed by atoms with E-state index in [1.54, 1.807) is 0 Å². The van der Waals surface area contributed by atoms with Crippen molar-refractivity contribution in [1.29, 1.82) is 0 Å². The van der Waals surface area contributed by atoms with Crippen LogP contribution in [0.4, 0.5) is 4.79 Å². The molecule has 0 saturated carbocycles. The lowest BCUT2D eigenvalue weighted by Gasteiger charge is -2.25. The van der Waals surface area contributed by atoms with Gasteiger partial charge in [-0.15, -0.1) is 0 Å². The molecule has 0 atom stereocenters. The predicted octanol–water partition coefficient (Wildman–Crippen LogP) is 1.55. The van der Waals surface area contributed by atoms with Gasteiger partial charge < -0.3 is 10.5 Å². The molecule has 0 radical (unpaired) electrons. The van der Waals surface area contributed by atoms with Crippen LogP contribution >= 0.6 is 0 Å². The van der Waals surface area contributed by atoms with E-state index in [1.165, 1.54) is 4.90 Å². The van der Waals surface area contributed by atoms with Gasteiger partial charge in [0.15, 0.2) is 0 Å². The van der Waals surface area contributed by atoms with Crippen LogP contribution < -0.4 is 5.73 Å². The number of amides is 1. The van der Waals surface area contributed by atoms with E-state index < -0.39 is 5.60 Å². The minimum Gasteiger partial charge on any atom is -0.444 e. The van der Waals surface area contributed by atoms with E-state index >= 15 is 0 Å². The molecule has 2 N–H and O–H groups in total. The monoisotopic (exact) mass is 188 g/mol. The molecule has 0 aromatic heterocycles. The molecule has 13 heavy (non-hydrogen) atoms. The molecule has 0 spiro atoms. The fourth-order valence-corrected chi connectivity index (χ4v) is 0.854. The second-order valence-electron chi connectivity index (χ2n) is 3.93. The fraction of sp³-hybridized carbons (Fsp3) is 0.889. The molecule has 0 aromatic rings. The number of nitrogens with two attached hydrogens (primary N) is 1. The zero-order valence-corrected chi connectivity index (χ0v) is 8.96. The van der Waals surface area contributed by atoms with Gasteiger partial charge >= 0.3 is 6.09 Å². The Labute approximate surface area is 80.0 Å². The van der Waals surface area contributed by atoms with Gasteiger partial charge in [0.05, 0.1) is 6.67 Å². The van der Waals surface area contributed by atoms with E-state index in [4.69, 9.17) is 10.5 Å². The van der Waals surface area contributed by atoms with Gasteiger partial charge in [0.1, 0.15) is 5.60 Å². The average molecular weight is 188 g/mol. The van der Waals surface area contributed by atoms with Gasteiger partial charge in [-0.05, 0) is 27.2 Å². The van der Waals surface area contributed by atoms with Crippen molar-refractivity contribution < 1.29 is 9.53 Å². The van der Waals surface area contributed by atoms with E-state index in [-0.39, 0.29) is 12.8 Å². The zero-order chi connectivity index (χ0) is 10.5. The summed E-state index contributed by atoms with van der Waals surface area (Å²) in [5, 5.41) is 0. The summed E-state index contributed by atoms with van der Waals surface area (Å²) < 4.78 is 5.15. The van der Waals surface area contributed by atoms with Crippen LogP contribution in [0, 0.1) is 0 Å². The molecule has 0 fully saturated rings. The third-order valence-electron chi connectivity index (χ3n) is 1.37. The molecule has 0 aromatic carbocycles. The number of hydrogen-bond acceptors (Lipinski definition) is 3. The third-order valence-corrected chi connectivity index (χ3v) is 1.37. The van der Waals surface area contributed by atoms with E-state index in [1.807, 2.05) is 27.7 Å². The summed E-state index contributed by atoms with van der Waals surface area (Å²) in [5.74, 6) is 0. The number of ether oxygens (including phenoxy) is 1. The largest absolute Gasteiger partial charge is 0.444 e. The molecule has 0 heterocycles. The first-order chi connectivity index (χ1) is 5.90. The summed E-state index contributed by atoms with van der Waals surface area (Å²) in [4.78, 5) is 12.9. The van der Waals surface area contributed by atoms with Crippen LogP contribution in [0.1, 0.15) is 34.1 Å². The molecule has 0 aliphatic rings. The summed E-state index contributed by atoms with van der Waals surface area (Å²) in [7, 11) is 0. The maximum absolute atomic E-state index is 11.4. The van der Waals surface area contributed by atoms with Gasteiger partial charge in [-0.25, -0.2) is 4.79 Å². The van der Waals surface area contributed by atoms with Crippen LogP contribution in [0.5, 0.6) is 0 Å². The summed E-state index contributed by atoms with van der Waals surface area (Å²) in [6.07, 6.45) is 0.549. The maximum Gasteiger partial charge on any atom is 0.411 e. The SMILES string of the molecule is CCCN(CN)C(=O)OC(C)(C)C. The minimum absolute atomic E-state index is 0.211. The molecule has 0 aliphatic carbocycles. The summed E-state index contributed by atoms with van der Waals surface area (Å²) in [6, 6.07) is 0. The third kappa shape index (κ3) is 5.47. The van der Waals surface area contributed by atoms with Gasteiger partial charge in [-0.3, -0.25) is 4.90 Å². The Morgan fingerprint density at radius 1 is 1.46 bits per heavy atom. The zero-order valence-electron chi connectivity index (χ0n) is 8.96. The van der Waals surface area contributed by atoms with E-state index in [0.717, 1.165) is 6.42 Å². The first kappa shape index (κ1) is 12.2. The Bertz CT molecular complexity index is 163. The van der Waals surface area contributed by atoms with Crippen molar-refractivity contribution in [3.8, 4) is 0 Å². The van der Waals surface area contributed by atoms with Crippen LogP contribution in [0.3, 0.4) is 0 Å². The second kappa shape index (κ2) is 5.07. The van der Waals surface area contributed by atoms with E-state index in [0.29, 0.717) is 6.54 Å². The lowest BCUT2D eigenvalue weighted by atomic mass is 10.2. The van der Waals surface area contributed by atoms with E-state index in [9.17, 15) is 4.79 Å². The Morgan fingerprint density at radius 2 is 2.00 bits per heavy atom. The molecule has 0 unspecified atom stereocenters. The highest BCUT2D eigenvalue weighted by Crippen LogP contribution is 2.09. The molecule has 0 aliphatic heterocycles. The highest BCUT2D eigenvalue weighted by atomic mass is 16.6. The van der Waals surface area contributed by atoms with Crippen molar-refractivity contribution in [3.05, 3.63) is 0 Å². The lowest BCUT2D eigenvalue weighted by Crippen LogP contribution is -2.40. The number of nitrogens with zero attached hydrogens (tertiary/aromatic N) is 1. The number of hydrogen-bond donors (Lipinski definition) is 1. The topological polar surface area (TPSA) is 55.6 Å². The normalized spacial score (nSPS) is 11.2. The van der Waals surface area contributed by atoms with Crippen LogP contribution in [-0.4, -0.2) is 29.8 Å². The Hall–Kier alpha value is -0.770. The van der Waals surface area contributed by atoms with Crippen molar-refractivity contribution in [2.24, 2.45) is 5.73 Å². The molecule has 78 valence electrons. The molecule has 0 rings (SSSR count). The van der Waals surface area contributed by atoms with Gasteiger partial charge in [0.25, 0.3) is 0 Å². The van der Waals surface area contributed by atoms with Crippen molar-refractivity contribution >= 4 is 6.09 Å². The molecule has 4 nitrogen and oxygen atoms in total. The standard InChI is InChI=1S/C9H20N2O2/c1-5-6-11(7-10)8(12)13-9(2,3)4/h5-7,10H2,1-4H3. The average Bonchev–Trinajstić information content (AvgIpc) is 1.96. The fourth-order valence-electron chi connectivity index (χ4n) is 0.854. The van der Waals surface area contributed by atoms with Crippen LogP contribution in [0.25, 0.3) is 0 Å². The molecule has 4 heteroatoms. The summed E-state index contributed by atoms with van der Waals surface area (Å²) in [5.41, 5.74) is 4.96. The maximum atomic E-state index is 11.4. The van der Waals surface area contributed by atoms with Crippen molar-refractivity contribution in [1.82, 2.24) is 4.90 Å². The van der Waals surface area contributed by atoms with Crippen LogP contribution in [-0.2, 0) is 4.74 Å². The quantitative estimate of drug-likeness (QED) is 0.684. The number of rotatable bonds is 3. The van der Waals surface area contributed by atoms with Crippen LogP contribution in [0.2, 0.25) is 0 Å². The second-order valence-corrected chi connectivity index (χ2v) is 3.93. The Balaban J connectivity index is 4.06. The van der Waals surface area contributed by atoms with Crippen LogP contribution in [0.15, 0.2) is 0 Å². The molecular formula is C9H20N2O2. The predicted molar refractivity (Wildman–Crippen MR) is 52.3 cm³/mol. The number of carbonyl (C=O) groups excluding carboxylic acids is 1. The highest BCUT2D eigenvalue weighted by Gasteiger charge is 2.20. The molecular weight excluding hydrogens is 168 g/mol. The van der Waals surface area contributed by atoms with Crippen molar-refractivity contribution in [2.75, 3.05) is 13.2 Å². The summed E-state index contributed by atoms with van der Waals surface area (Å²) >= 11 is 0. The molecule has 0 bridgehead atoms. The number of carbonyl (C=O) groups is 1.